The molecule has 2 bridgehead atoms. The number of rotatable bonds is 5. The van der Waals surface area contributed by atoms with Gasteiger partial charge in [-0.2, -0.15) is 0 Å². The van der Waals surface area contributed by atoms with Crippen LogP contribution in [0.25, 0.3) is 0 Å². The number of carbonyl (C=O) groups excluding carboxylic acids is 2. The Morgan fingerprint density at radius 3 is 2.35 bits per heavy atom. The van der Waals surface area contributed by atoms with Crippen molar-refractivity contribution >= 4 is 11.8 Å². The number of carbonyl (C=O) groups is 2. The molecule has 0 radical (unpaired) electrons. The fraction of sp³-hybridized carbons (Fsp3) is 0.882. The molecule has 3 fully saturated rings. The highest BCUT2D eigenvalue weighted by Gasteiger charge is 2.35. The molecule has 3 saturated heterocycles. The summed E-state index contributed by atoms with van der Waals surface area (Å²) >= 11 is 0. The minimum absolute atomic E-state index is 0.0810. The summed E-state index contributed by atoms with van der Waals surface area (Å²) < 4.78 is 0. The standard InChI is InChI=1S/C17H30N4O2/c1-2-18-16(22)12-20-5-7-21(8-6-20)17(23)11-13-9-14-3-4-15(10-13)19-14/h13-15,19H,2-12H2,1H3,(H,18,22). The summed E-state index contributed by atoms with van der Waals surface area (Å²) in [7, 11) is 0. The van der Waals surface area contributed by atoms with Crippen LogP contribution in [-0.4, -0.2) is 73.0 Å². The number of hydrogen-bond acceptors (Lipinski definition) is 4. The lowest BCUT2D eigenvalue weighted by Gasteiger charge is -2.36. The van der Waals surface area contributed by atoms with Gasteiger partial charge in [-0.15, -0.1) is 0 Å². The highest BCUT2D eigenvalue weighted by molar-refractivity contribution is 5.78. The maximum Gasteiger partial charge on any atom is 0.234 e. The lowest BCUT2D eigenvalue weighted by atomic mass is 9.89. The molecule has 130 valence electrons. The van der Waals surface area contributed by atoms with Crippen LogP contribution in [0.1, 0.15) is 39.0 Å². The second-order valence-corrected chi connectivity index (χ2v) is 7.29. The monoisotopic (exact) mass is 322 g/mol. The van der Waals surface area contributed by atoms with Gasteiger partial charge in [0.25, 0.3) is 0 Å². The molecule has 6 nitrogen and oxygen atoms in total. The van der Waals surface area contributed by atoms with Gasteiger partial charge >= 0.3 is 0 Å². The van der Waals surface area contributed by atoms with Gasteiger partial charge in [-0.05, 0) is 38.5 Å². The molecule has 0 aromatic rings. The van der Waals surface area contributed by atoms with Crippen LogP contribution in [-0.2, 0) is 9.59 Å². The van der Waals surface area contributed by atoms with Crippen molar-refractivity contribution in [3.63, 3.8) is 0 Å². The van der Waals surface area contributed by atoms with Gasteiger partial charge in [0.05, 0.1) is 6.54 Å². The summed E-state index contributed by atoms with van der Waals surface area (Å²) in [6.07, 6.45) is 5.62. The fourth-order valence-corrected chi connectivity index (χ4v) is 4.33. The Morgan fingerprint density at radius 1 is 1.09 bits per heavy atom. The van der Waals surface area contributed by atoms with Crippen LogP contribution in [0.3, 0.4) is 0 Å². The van der Waals surface area contributed by atoms with Crippen molar-refractivity contribution in [1.29, 1.82) is 0 Å². The average molecular weight is 322 g/mol. The third kappa shape index (κ3) is 4.44. The fourth-order valence-electron chi connectivity index (χ4n) is 4.33. The molecule has 0 aromatic carbocycles. The van der Waals surface area contributed by atoms with Gasteiger partial charge in [0.2, 0.25) is 11.8 Å². The van der Waals surface area contributed by atoms with Crippen molar-refractivity contribution in [2.75, 3.05) is 39.3 Å². The van der Waals surface area contributed by atoms with E-state index in [1.54, 1.807) is 0 Å². The van der Waals surface area contributed by atoms with Crippen LogP contribution in [0.15, 0.2) is 0 Å². The van der Waals surface area contributed by atoms with E-state index in [0.29, 0.717) is 43.4 Å². The van der Waals surface area contributed by atoms with Crippen molar-refractivity contribution in [2.24, 2.45) is 5.92 Å². The maximum atomic E-state index is 12.5. The van der Waals surface area contributed by atoms with Crippen LogP contribution in [0, 0.1) is 5.92 Å². The number of likely N-dealkylation sites (N-methyl/N-ethyl adjacent to an activating group) is 1. The van der Waals surface area contributed by atoms with E-state index in [0.717, 1.165) is 26.2 Å². The smallest absolute Gasteiger partial charge is 0.234 e. The SMILES string of the molecule is CCNC(=O)CN1CCN(C(=O)CC2CC3CCC(C2)N3)CC1. The zero-order chi connectivity index (χ0) is 16.2. The van der Waals surface area contributed by atoms with Crippen molar-refractivity contribution in [3.8, 4) is 0 Å². The van der Waals surface area contributed by atoms with Gasteiger partial charge in [0.1, 0.15) is 0 Å². The molecule has 3 rings (SSSR count). The van der Waals surface area contributed by atoms with Gasteiger partial charge in [-0.3, -0.25) is 14.5 Å². The third-order valence-corrected chi connectivity index (χ3v) is 5.50. The zero-order valence-electron chi connectivity index (χ0n) is 14.2. The van der Waals surface area contributed by atoms with Gasteiger partial charge in [0, 0.05) is 51.2 Å². The van der Waals surface area contributed by atoms with Crippen LogP contribution < -0.4 is 10.6 Å². The normalized spacial score (nSPS) is 31.2. The first-order valence-electron chi connectivity index (χ1n) is 9.17. The predicted molar refractivity (Wildman–Crippen MR) is 89.0 cm³/mol. The average Bonchev–Trinajstić information content (AvgIpc) is 2.87. The predicted octanol–water partition coefficient (Wildman–Crippen LogP) is 0.187. The van der Waals surface area contributed by atoms with Crippen molar-refractivity contribution in [1.82, 2.24) is 20.4 Å². The number of piperidine rings is 1. The molecular formula is C17H30N4O2. The van der Waals surface area contributed by atoms with Crippen LogP contribution >= 0.6 is 0 Å². The molecule has 2 unspecified atom stereocenters. The molecule has 3 aliphatic heterocycles. The van der Waals surface area contributed by atoms with Gasteiger partial charge in [-0.25, -0.2) is 0 Å². The molecule has 0 aliphatic carbocycles. The summed E-state index contributed by atoms with van der Waals surface area (Å²) in [5, 5.41) is 6.47. The minimum atomic E-state index is 0.0810. The number of nitrogens with one attached hydrogen (secondary N) is 2. The Hall–Kier alpha value is -1.14. The molecule has 0 spiro atoms. The van der Waals surface area contributed by atoms with Gasteiger partial charge < -0.3 is 15.5 Å². The van der Waals surface area contributed by atoms with Crippen molar-refractivity contribution in [2.45, 2.75) is 51.1 Å². The van der Waals surface area contributed by atoms with E-state index in [4.69, 9.17) is 0 Å². The Labute approximate surface area is 139 Å². The van der Waals surface area contributed by atoms with Crippen molar-refractivity contribution < 1.29 is 9.59 Å². The number of nitrogens with zero attached hydrogens (tertiary/aromatic N) is 2. The number of fused-ring (bicyclic) bond motifs is 2. The van der Waals surface area contributed by atoms with E-state index in [2.05, 4.69) is 15.5 Å². The number of hydrogen-bond donors (Lipinski definition) is 2. The quantitative estimate of drug-likeness (QED) is 0.758. The first-order valence-corrected chi connectivity index (χ1v) is 9.17. The molecule has 2 atom stereocenters. The van der Waals surface area contributed by atoms with Crippen molar-refractivity contribution in [3.05, 3.63) is 0 Å². The first kappa shape index (κ1) is 16.7. The van der Waals surface area contributed by atoms with Crippen LogP contribution in [0.5, 0.6) is 0 Å². The van der Waals surface area contributed by atoms with Crippen LogP contribution in [0.2, 0.25) is 0 Å². The van der Waals surface area contributed by atoms with Gasteiger partial charge in [-0.1, -0.05) is 0 Å². The summed E-state index contributed by atoms with van der Waals surface area (Å²) in [5.74, 6) is 0.959. The lowest BCUT2D eigenvalue weighted by molar-refractivity contribution is -0.134. The largest absolute Gasteiger partial charge is 0.355 e. The number of piperazine rings is 1. The molecule has 3 heterocycles. The molecule has 2 N–H and O–H groups in total. The number of amides is 2. The second kappa shape index (κ2) is 7.62. The molecule has 6 heteroatoms. The molecular weight excluding hydrogens is 292 g/mol. The van der Waals surface area contributed by atoms with E-state index in [1.165, 1.54) is 25.7 Å². The van der Waals surface area contributed by atoms with E-state index < -0.39 is 0 Å². The highest BCUT2D eigenvalue weighted by atomic mass is 16.2. The topological polar surface area (TPSA) is 64.7 Å². The maximum absolute atomic E-state index is 12.5. The Balaban J connectivity index is 1.39. The Morgan fingerprint density at radius 2 is 1.74 bits per heavy atom. The molecule has 0 saturated carbocycles. The molecule has 0 aromatic heterocycles. The minimum Gasteiger partial charge on any atom is -0.355 e. The van der Waals surface area contributed by atoms with E-state index >= 15 is 0 Å². The first-order chi connectivity index (χ1) is 11.1. The third-order valence-electron chi connectivity index (χ3n) is 5.50. The second-order valence-electron chi connectivity index (χ2n) is 7.29. The molecule has 2 amide bonds. The van der Waals surface area contributed by atoms with E-state index in [-0.39, 0.29) is 5.91 Å². The van der Waals surface area contributed by atoms with Crippen LogP contribution in [0.4, 0.5) is 0 Å². The Bertz CT molecular complexity index is 422. The molecule has 23 heavy (non-hydrogen) atoms. The summed E-state index contributed by atoms with van der Waals surface area (Å²) in [5.41, 5.74) is 0. The highest BCUT2D eigenvalue weighted by Crippen LogP contribution is 2.33. The zero-order valence-corrected chi connectivity index (χ0v) is 14.2. The van der Waals surface area contributed by atoms with Gasteiger partial charge in [0.15, 0.2) is 0 Å². The summed E-state index contributed by atoms with van der Waals surface area (Å²) in [4.78, 5) is 28.3. The Kier molecular flexibility index (Phi) is 5.54. The molecule has 3 aliphatic rings. The van der Waals surface area contributed by atoms with E-state index in [1.807, 2.05) is 11.8 Å². The van der Waals surface area contributed by atoms with E-state index in [9.17, 15) is 9.59 Å². The lowest BCUT2D eigenvalue weighted by Crippen LogP contribution is -2.51. The summed E-state index contributed by atoms with van der Waals surface area (Å²) in [6, 6.07) is 1.31. The summed E-state index contributed by atoms with van der Waals surface area (Å²) in [6.45, 7) is 6.19.